The van der Waals surface area contributed by atoms with Gasteiger partial charge in [-0.05, 0) is 6.42 Å². The third-order valence-corrected chi connectivity index (χ3v) is 1.64. The van der Waals surface area contributed by atoms with E-state index < -0.39 is 0 Å². The molecule has 11 heavy (non-hydrogen) atoms. The predicted octanol–water partition coefficient (Wildman–Crippen LogP) is 1.12. The van der Waals surface area contributed by atoms with Crippen molar-refractivity contribution in [2.24, 2.45) is 0 Å². The molecule has 0 amide bonds. The number of carbonyl (C=O) groups excluding carboxylic acids is 1. The van der Waals surface area contributed by atoms with Crippen molar-refractivity contribution in [3.05, 3.63) is 0 Å². The molecule has 1 aliphatic rings. The van der Waals surface area contributed by atoms with Crippen LogP contribution in [0.4, 0.5) is 0 Å². The van der Waals surface area contributed by atoms with Crippen LogP contribution < -0.4 is 0 Å². The zero-order valence-corrected chi connectivity index (χ0v) is 6.84. The highest BCUT2D eigenvalue weighted by atomic mass is 16.6. The van der Waals surface area contributed by atoms with E-state index in [0.29, 0.717) is 19.6 Å². The molecule has 0 atom stereocenters. The fourth-order valence-corrected chi connectivity index (χ4v) is 0.848. The van der Waals surface area contributed by atoms with Crippen molar-refractivity contribution < 1.29 is 14.3 Å². The first-order valence-corrected chi connectivity index (χ1v) is 4.10. The highest BCUT2D eigenvalue weighted by Gasteiger charge is 2.21. The molecule has 0 aliphatic carbocycles. The van der Waals surface area contributed by atoms with Crippen molar-refractivity contribution in [1.82, 2.24) is 0 Å². The van der Waals surface area contributed by atoms with Crippen LogP contribution in [0.25, 0.3) is 0 Å². The second-order valence-electron chi connectivity index (χ2n) is 2.75. The van der Waals surface area contributed by atoms with Crippen LogP contribution in [0.15, 0.2) is 0 Å². The number of hydrogen-bond donors (Lipinski definition) is 0. The lowest BCUT2D eigenvalue weighted by Gasteiger charge is -2.25. The van der Waals surface area contributed by atoms with Crippen LogP contribution in [0.5, 0.6) is 0 Å². The Morgan fingerprint density at radius 1 is 1.64 bits per heavy atom. The normalized spacial score (nSPS) is 17.5. The molecular formula is C8H14O3. The maximum atomic E-state index is 10.9. The van der Waals surface area contributed by atoms with Gasteiger partial charge in [-0.1, -0.05) is 13.3 Å². The summed E-state index contributed by atoms with van der Waals surface area (Å²) < 4.78 is 9.89. The van der Waals surface area contributed by atoms with Crippen LogP contribution in [0, 0.1) is 0 Å². The lowest BCUT2D eigenvalue weighted by Crippen LogP contribution is -2.37. The molecule has 0 unspecified atom stereocenters. The van der Waals surface area contributed by atoms with E-state index in [-0.39, 0.29) is 12.1 Å². The Bertz CT molecular complexity index is 129. The second kappa shape index (κ2) is 4.34. The summed E-state index contributed by atoms with van der Waals surface area (Å²) >= 11 is 0. The molecule has 0 aromatic heterocycles. The summed E-state index contributed by atoms with van der Waals surface area (Å²) in [6.45, 7) is 3.22. The molecule has 0 spiro atoms. The van der Waals surface area contributed by atoms with Gasteiger partial charge in [-0.3, -0.25) is 4.79 Å². The minimum Gasteiger partial charge on any atom is -0.457 e. The first kappa shape index (κ1) is 8.53. The van der Waals surface area contributed by atoms with E-state index in [0.717, 1.165) is 12.8 Å². The van der Waals surface area contributed by atoms with E-state index in [9.17, 15) is 4.79 Å². The van der Waals surface area contributed by atoms with Crippen molar-refractivity contribution >= 4 is 5.97 Å². The Labute approximate surface area is 66.7 Å². The Hall–Kier alpha value is -0.570. The molecule has 0 aromatic rings. The van der Waals surface area contributed by atoms with Crippen molar-refractivity contribution in [2.45, 2.75) is 32.3 Å². The van der Waals surface area contributed by atoms with Gasteiger partial charge in [-0.25, -0.2) is 0 Å². The van der Waals surface area contributed by atoms with Gasteiger partial charge in [0.25, 0.3) is 0 Å². The lowest BCUT2D eigenvalue weighted by molar-refractivity contribution is -0.172. The zero-order valence-electron chi connectivity index (χ0n) is 6.84. The van der Waals surface area contributed by atoms with Crippen LogP contribution in [-0.2, 0) is 14.3 Å². The maximum absolute atomic E-state index is 10.9. The van der Waals surface area contributed by atoms with Gasteiger partial charge in [0.15, 0.2) is 0 Å². The Balaban J connectivity index is 2.00. The summed E-state index contributed by atoms with van der Waals surface area (Å²) in [6.07, 6.45) is 2.55. The third kappa shape index (κ3) is 2.89. The van der Waals surface area contributed by atoms with Crippen LogP contribution in [0.2, 0.25) is 0 Å². The van der Waals surface area contributed by atoms with Crippen molar-refractivity contribution in [1.29, 1.82) is 0 Å². The molecule has 1 fully saturated rings. The summed E-state index contributed by atoms with van der Waals surface area (Å²) in [7, 11) is 0. The quantitative estimate of drug-likeness (QED) is 0.575. The minimum atomic E-state index is -0.0832. The van der Waals surface area contributed by atoms with Crippen molar-refractivity contribution in [2.75, 3.05) is 13.2 Å². The van der Waals surface area contributed by atoms with E-state index in [2.05, 4.69) is 6.92 Å². The van der Waals surface area contributed by atoms with Gasteiger partial charge < -0.3 is 9.47 Å². The largest absolute Gasteiger partial charge is 0.457 e. The highest BCUT2D eigenvalue weighted by Crippen LogP contribution is 2.07. The van der Waals surface area contributed by atoms with E-state index in [1.807, 2.05) is 0 Å². The standard InChI is InChI=1S/C8H14O3/c1-2-3-4-8(9)11-7-5-10-6-7/h7H,2-6H2,1H3. The molecule has 1 saturated heterocycles. The molecule has 0 N–H and O–H groups in total. The van der Waals surface area contributed by atoms with Gasteiger partial charge in [0.2, 0.25) is 0 Å². The van der Waals surface area contributed by atoms with Gasteiger partial charge in [0.1, 0.15) is 6.10 Å². The monoisotopic (exact) mass is 158 g/mol. The van der Waals surface area contributed by atoms with Gasteiger partial charge in [-0.15, -0.1) is 0 Å². The fourth-order valence-electron chi connectivity index (χ4n) is 0.848. The molecule has 1 aliphatic heterocycles. The van der Waals surface area contributed by atoms with Crippen LogP contribution in [0.1, 0.15) is 26.2 Å². The smallest absolute Gasteiger partial charge is 0.306 e. The molecule has 1 rings (SSSR count). The number of ether oxygens (including phenoxy) is 2. The van der Waals surface area contributed by atoms with Crippen LogP contribution in [-0.4, -0.2) is 25.3 Å². The summed E-state index contributed by atoms with van der Waals surface area (Å²) in [5.41, 5.74) is 0. The average Bonchev–Trinajstić information content (AvgIpc) is 1.93. The molecule has 0 radical (unpaired) electrons. The number of esters is 1. The first-order chi connectivity index (χ1) is 5.33. The molecule has 0 bridgehead atoms. The van der Waals surface area contributed by atoms with E-state index in [1.165, 1.54) is 0 Å². The van der Waals surface area contributed by atoms with E-state index in [4.69, 9.17) is 9.47 Å². The molecule has 0 saturated carbocycles. The lowest BCUT2D eigenvalue weighted by atomic mass is 10.2. The summed E-state index contributed by atoms with van der Waals surface area (Å²) in [5, 5.41) is 0. The average molecular weight is 158 g/mol. The zero-order chi connectivity index (χ0) is 8.10. The van der Waals surface area contributed by atoms with Gasteiger partial charge in [-0.2, -0.15) is 0 Å². The summed E-state index contributed by atoms with van der Waals surface area (Å²) in [4.78, 5) is 10.9. The summed E-state index contributed by atoms with van der Waals surface area (Å²) in [6, 6.07) is 0. The number of rotatable bonds is 4. The topological polar surface area (TPSA) is 35.5 Å². The summed E-state index contributed by atoms with van der Waals surface area (Å²) in [5.74, 6) is -0.0832. The first-order valence-electron chi connectivity index (χ1n) is 4.10. The van der Waals surface area contributed by atoms with E-state index in [1.54, 1.807) is 0 Å². The van der Waals surface area contributed by atoms with E-state index >= 15 is 0 Å². The maximum Gasteiger partial charge on any atom is 0.306 e. The number of unbranched alkanes of at least 4 members (excludes halogenated alkanes) is 1. The predicted molar refractivity (Wildman–Crippen MR) is 40.2 cm³/mol. The molecule has 3 heteroatoms. The Kier molecular flexibility index (Phi) is 3.36. The van der Waals surface area contributed by atoms with Crippen LogP contribution >= 0.6 is 0 Å². The second-order valence-corrected chi connectivity index (χ2v) is 2.75. The molecule has 3 nitrogen and oxygen atoms in total. The highest BCUT2D eigenvalue weighted by molar-refractivity contribution is 5.69. The third-order valence-electron chi connectivity index (χ3n) is 1.64. The number of carbonyl (C=O) groups is 1. The van der Waals surface area contributed by atoms with Gasteiger partial charge >= 0.3 is 5.97 Å². The Morgan fingerprint density at radius 2 is 2.36 bits per heavy atom. The molecule has 1 heterocycles. The molecule has 64 valence electrons. The SMILES string of the molecule is CCCCC(=O)OC1COC1. The minimum absolute atomic E-state index is 0.0411. The van der Waals surface area contributed by atoms with Gasteiger partial charge in [0, 0.05) is 6.42 Å². The fraction of sp³-hybridized carbons (Fsp3) is 0.875. The Morgan fingerprint density at radius 3 is 2.82 bits per heavy atom. The van der Waals surface area contributed by atoms with Crippen molar-refractivity contribution in [3.8, 4) is 0 Å². The molecule has 0 aromatic carbocycles. The molecular weight excluding hydrogens is 144 g/mol. The van der Waals surface area contributed by atoms with Crippen molar-refractivity contribution in [3.63, 3.8) is 0 Å². The van der Waals surface area contributed by atoms with Crippen LogP contribution in [0.3, 0.4) is 0 Å². The van der Waals surface area contributed by atoms with Gasteiger partial charge in [0.05, 0.1) is 13.2 Å². The number of hydrogen-bond acceptors (Lipinski definition) is 3.